The van der Waals surface area contributed by atoms with E-state index in [1.807, 2.05) is 34.6 Å². The summed E-state index contributed by atoms with van der Waals surface area (Å²) in [7, 11) is 0. The molecular weight excluding hydrogens is 536 g/mol. The molecular formula is C38H70O5. The molecule has 2 atom stereocenters. The molecule has 0 aromatic rings. The van der Waals surface area contributed by atoms with Crippen LogP contribution >= 0.6 is 0 Å². The Labute approximate surface area is 266 Å². The van der Waals surface area contributed by atoms with Crippen LogP contribution in [0.1, 0.15) is 180 Å². The van der Waals surface area contributed by atoms with Gasteiger partial charge in [-0.1, -0.05) is 80.7 Å². The van der Waals surface area contributed by atoms with Crippen LogP contribution in [-0.2, 0) is 23.8 Å². The van der Waals surface area contributed by atoms with Crippen LogP contribution in [-0.4, -0.2) is 28.7 Å². The van der Waals surface area contributed by atoms with Gasteiger partial charge in [0.05, 0.1) is 16.6 Å². The molecule has 1 fully saturated rings. The average Bonchev–Trinajstić information content (AvgIpc) is 2.88. The maximum absolute atomic E-state index is 14.3. The minimum absolute atomic E-state index is 0.137. The van der Waals surface area contributed by atoms with E-state index in [9.17, 15) is 9.59 Å². The van der Waals surface area contributed by atoms with Crippen molar-refractivity contribution in [1.29, 1.82) is 0 Å². The summed E-state index contributed by atoms with van der Waals surface area (Å²) in [5, 5.41) is 0. The lowest BCUT2D eigenvalue weighted by Crippen LogP contribution is -2.48. The minimum atomic E-state index is -0.973. The monoisotopic (exact) mass is 607 g/mol. The number of allylic oxidation sites excluding steroid dienone is 1. The molecule has 0 aromatic carbocycles. The first-order valence-corrected chi connectivity index (χ1v) is 17.5. The van der Waals surface area contributed by atoms with E-state index in [4.69, 9.17) is 14.2 Å². The Bertz CT molecular complexity index is 905. The molecule has 0 bridgehead atoms. The number of hydrogen-bond acceptors (Lipinski definition) is 5. The van der Waals surface area contributed by atoms with Gasteiger partial charge in [-0.15, -0.1) is 0 Å². The zero-order valence-corrected chi connectivity index (χ0v) is 30.7. The van der Waals surface area contributed by atoms with Gasteiger partial charge in [-0.2, -0.15) is 0 Å². The third-order valence-electron chi connectivity index (χ3n) is 10.6. The van der Waals surface area contributed by atoms with E-state index < -0.39 is 27.4 Å². The van der Waals surface area contributed by atoms with Crippen molar-refractivity contribution < 1.29 is 23.8 Å². The highest BCUT2D eigenvalue weighted by Crippen LogP contribution is 2.49. The molecule has 43 heavy (non-hydrogen) atoms. The molecule has 0 aliphatic heterocycles. The lowest BCUT2D eigenvalue weighted by atomic mass is 9.64. The van der Waals surface area contributed by atoms with Crippen LogP contribution in [0.2, 0.25) is 0 Å². The Morgan fingerprint density at radius 3 is 1.77 bits per heavy atom. The minimum Gasteiger partial charge on any atom is -0.492 e. The van der Waals surface area contributed by atoms with Gasteiger partial charge in [-0.3, -0.25) is 9.59 Å². The SMILES string of the molecule is C=C(OC(C)(C)CCCC)C(C)(C)CC(C)(CC(C)(CC)C(=O)OC1(CC)CCCCCCC1)C(=O)OC(C)(C)C(C)C. The first-order chi connectivity index (χ1) is 19.6. The van der Waals surface area contributed by atoms with Crippen LogP contribution in [0.3, 0.4) is 0 Å². The van der Waals surface area contributed by atoms with E-state index >= 15 is 0 Å². The zero-order chi connectivity index (χ0) is 33.3. The third kappa shape index (κ3) is 11.4. The van der Waals surface area contributed by atoms with Crippen molar-refractivity contribution in [3.05, 3.63) is 12.3 Å². The van der Waals surface area contributed by atoms with E-state index in [0.29, 0.717) is 25.0 Å². The number of ether oxygens (including phenoxy) is 3. The van der Waals surface area contributed by atoms with Gasteiger partial charge in [-0.25, -0.2) is 0 Å². The standard InChI is InChI=1S/C38H70O5/c1-15-18-24-34(9,10)41-30(6)33(7,8)27-37(14,32(40)42-35(11,12)29(4)5)28-36(13,16-2)31(39)43-38(17-3)25-22-20-19-21-23-26-38/h29H,6,15-28H2,1-5,7-14H3. The summed E-state index contributed by atoms with van der Waals surface area (Å²) in [4.78, 5) is 28.5. The van der Waals surface area contributed by atoms with Crippen molar-refractivity contribution >= 4 is 11.9 Å². The van der Waals surface area contributed by atoms with Crippen molar-refractivity contribution in [2.45, 2.75) is 197 Å². The number of rotatable bonds is 17. The smallest absolute Gasteiger partial charge is 0.312 e. The van der Waals surface area contributed by atoms with Crippen molar-refractivity contribution in [2.24, 2.45) is 22.2 Å². The first-order valence-electron chi connectivity index (χ1n) is 17.5. The van der Waals surface area contributed by atoms with Gasteiger partial charge in [0.2, 0.25) is 0 Å². The van der Waals surface area contributed by atoms with Crippen molar-refractivity contribution in [2.75, 3.05) is 0 Å². The number of esters is 2. The number of hydrogen-bond donors (Lipinski definition) is 0. The number of carbonyl (C=O) groups excluding carboxylic acids is 2. The van der Waals surface area contributed by atoms with Crippen LogP contribution in [0, 0.1) is 22.2 Å². The predicted octanol–water partition coefficient (Wildman–Crippen LogP) is 11.1. The Balaban J connectivity index is 3.44. The van der Waals surface area contributed by atoms with Gasteiger partial charge >= 0.3 is 11.9 Å². The zero-order valence-electron chi connectivity index (χ0n) is 30.7. The Kier molecular flexibility index (Phi) is 14.4. The van der Waals surface area contributed by atoms with E-state index in [1.54, 1.807) is 0 Å². The van der Waals surface area contributed by atoms with Crippen LogP contribution in [0.15, 0.2) is 12.3 Å². The topological polar surface area (TPSA) is 61.8 Å². The lowest BCUT2D eigenvalue weighted by Gasteiger charge is -2.45. The van der Waals surface area contributed by atoms with Gasteiger partial charge in [0.15, 0.2) is 0 Å². The lowest BCUT2D eigenvalue weighted by molar-refractivity contribution is -0.184. The molecule has 0 aromatic heterocycles. The van der Waals surface area contributed by atoms with E-state index in [2.05, 4.69) is 62.0 Å². The fourth-order valence-corrected chi connectivity index (χ4v) is 6.49. The normalized spacial score (nSPS) is 19.4. The fraction of sp³-hybridized carbons (Fsp3) is 0.895. The van der Waals surface area contributed by atoms with Gasteiger partial charge in [-0.05, 0) is 112 Å². The first kappa shape index (κ1) is 39.5. The van der Waals surface area contributed by atoms with Gasteiger partial charge in [0, 0.05) is 5.41 Å². The number of unbranched alkanes of at least 4 members (excludes halogenated alkanes) is 1. The summed E-state index contributed by atoms with van der Waals surface area (Å²) >= 11 is 0. The molecule has 1 aliphatic rings. The van der Waals surface area contributed by atoms with Crippen LogP contribution in [0.25, 0.3) is 0 Å². The molecule has 0 radical (unpaired) electrons. The maximum Gasteiger partial charge on any atom is 0.312 e. The Morgan fingerprint density at radius 2 is 1.30 bits per heavy atom. The molecule has 0 heterocycles. The van der Waals surface area contributed by atoms with Crippen LogP contribution in [0.5, 0.6) is 0 Å². The maximum atomic E-state index is 14.3. The highest BCUT2D eigenvalue weighted by molar-refractivity contribution is 5.81. The molecule has 2 unspecified atom stereocenters. The van der Waals surface area contributed by atoms with Gasteiger partial charge in [0.25, 0.3) is 0 Å². The second-order valence-corrected chi connectivity index (χ2v) is 16.4. The Hall–Kier alpha value is -1.52. The molecule has 5 heteroatoms. The molecule has 1 aliphatic carbocycles. The largest absolute Gasteiger partial charge is 0.492 e. The van der Waals surface area contributed by atoms with E-state index in [1.165, 1.54) is 19.3 Å². The fourth-order valence-electron chi connectivity index (χ4n) is 6.49. The second-order valence-electron chi connectivity index (χ2n) is 16.4. The van der Waals surface area contributed by atoms with E-state index in [-0.39, 0.29) is 23.5 Å². The van der Waals surface area contributed by atoms with Crippen molar-refractivity contribution in [1.82, 2.24) is 0 Å². The van der Waals surface area contributed by atoms with Gasteiger partial charge in [0.1, 0.15) is 16.8 Å². The highest BCUT2D eigenvalue weighted by atomic mass is 16.6. The second kappa shape index (κ2) is 15.7. The molecule has 0 saturated heterocycles. The summed E-state index contributed by atoms with van der Waals surface area (Å²) in [6, 6.07) is 0. The molecule has 252 valence electrons. The predicted molar refractivity (Wildman–Crippen MR) is 180 cm³/mol. The van der Waals surface area contributed by atoms with Crippen molar-refractivity contribution in [3.63, 3.8) is 0 Å². The summed E-state index contributed by atoms with van der Waals surface area (Å²) in [5.41, 5.74) is -3.78. The van der Waals surface area contributed by atoms with Crippen molar-refractivity contribution in [3.8, 4) is 0 Å². The molecule has 0 amide bonds. The molecule has 1 saturated carbocycles. The average molecular weight is 607 g/mol. The van der Waals surface area contributed by atoms with Gasteiger partial charge < -0.3 is 14.2 Å². The number of carbonyl (C=O) groups is 2. The molecule has 0 spiro atoms. The van der Waals surface area contributed by atoms with Crippen LogP contribution < -0.4 is 0 Å². The van der Waals surface area contributed by atoms with Crippen LogP contribution in [0.4, 0.5) is 0 Å². The molecule has 1 rings (SSSR count). The highest BCUT2D eigenvalue weighted by Gasteiger charge is 2.51. The summed E-state index contributed by atoms with van der Waals surface area (Å²) in [6.45, 7) is 31.1. The summed E-state index contributed by atoms with van der Waals surface area (Å²) in [6.07, 6.45) is 12.9. The third-order valence-corrected chi connectivity index (χ3v) is 10.6. The molecule has 0 N–H and O–H groups in total. The summed E-state index contributed by atoms with van der Waals surface area (Å²) in [5.74, 6) is 0.336. The quantitative estimate of drug-likeness (QED) is 0.122. The van der Waals surface area contributed by atoms with E-state index in [0.717, 1.165) is 51.4 Å². The molecule has 5 nitrogen and oxygen atoms in total. The summed E-state index contributed by atoms with van der Waals surface area (Å²) < 4.78 is 19.3. The Morgan fingerprint density at radius 1 is 0.767 bits per heavy atom.